The number of hydrogen-bond donors (Lipinski definition) is 0. The molecule has 2 heterocycles. The van der Waals surface area contributed by atoms with Crippen LogP contribution >= 0.6 is 15.9 Å². The molecular formula is C15H12BrN5. The van der Waals surface area contributed by atoms with Gasteiger partial charge in [0.15, 0.2) is 11.5 Å². The summed E-state index contributed by atoms with van der Waals surface area (Å²) in [5.41, 5.74) is 1.75. The van der Waals surface area contributed by atoms with Gasteiger partial charge in [-0.25, -0.2) is 9.97 Å². The molecule has 1 aromatic carbocycles. The molecule has 5 nitrogen and oxygen atoms in total. The van der Waals surface area contributed by atoms with Gasteiger partial charge in [0.1, 0.15) is 4.60 Å². The maximum absolute atomic E-state index is 8.91. The first kappa shape index (κ1) is 13.6. The normalized spacial score (nSPS) is 10.5. The molecule has 0 atom stereocenters. The van der Waals surface area contributed by atoms with Crippen molar-refractivity contribution in [3.8, 4) is 6.07 Å². The van der Waals surface area contributed by atoms with Crippen LogP contribution in [-0.2, 0) is 0 Å². The van der Waals surface area contributed by atoms with Crippen LogP contribution < -0.4 is 4.90 Å². The van der Waals surface area contributed by atoms with Crippen LogP contribution in [0.1, 0.15) is 6.42 Å². The van der Waals surface area contributed by atoms with Crippen LogP contribution in [0, 0.1) is 11.3 Å². The second kappa shape index (κ2) is 5.94. The second-order valence-electron chi connectivity index (χ2n) is 4.44. The number of rotatable bonds is 4. The minimum absolute atomic E-state index is 0.413. The summed E-state index contributed by atoms with van der Waals surface area (Å²) >= 11 is 3.43. The highest BCUT2D eigenvalue weighted by atomic mass is 79.9. The lowest BCUT2D eigenvalue weighted by molar-refractivity contribution is 0.916. The molecule has 0 aliphatic carbocycles. The average molecular weight is 342 g/mol. The van der Waals surface area contributed by atoms with Crippen molar-refractivity contribution >= 4 is 33.1 Å². The van der Waals surface area contributed by atoms with Crippen molar-refractivity contribution in [1.29, 1.82) is 5.26 Å². The fourth-order valence-electron chi connectivity index (χ4n) is 2.19. The van der Waals surface area contributed by atoms with Crippen LogP contribution in [0.15, 0.2) is 53.5 Å². The Bertz CT molecular complexity index is 791. The molecule has 0 amide bonds. The van der Waals surface area contributed by atoms with Gasteiger partial charge in [-0.1, -0.05) is 18.2 Å². The van der Waals surface area contributed by atoms with Crippen molar-refractivity contribution in [1.82, 2.24) is 14.4 Å². The Morgan fingerprint density at radius 1 is 1.29 bits per heavy atom. The van der Waals surface area contributed by atoms with E-state index in [0.717, 1.165) is 21.8 Å². The van der Waals surface area contributed by atoms with Crippen LogP contribution in [-0.4, -0.2) is 20.9 Å². The predicted molar refractivity (Wildman–Crippen MR) is 84.4 cm³/mol. The van der Waals surface area contributed by atoms with Gasteiger partial charge in [0.25, 0.3) is 0 Å². The standard InChI is InChI=1S/C15H12BrN5/c16-13-11-20-10-8-18-14(20)15(19-13)21(9-4-7-17)12-5-2-1-3-6-12/h1-3,5-6,8,10-11H,4,9H2. The summed E-state index contributed by atoms with van der Waals surface area (Å²) in [7, 11) is 0. The molecule has 3 aromatic rings. The summed E-state index contributed by atoms with van der Waals surface area (Å²) in [5.74, 6) is 0.732. The van der Waals surface area contributed by atoms with Gasteiger partial charge in [0, 0.05) is 30.8 Å². The van der Waals surface area contributed by atoms with Gasteiger partial charge in [-0.05, 0) is 28.1 Å². The van der Waals surface area contributed by atoms with Gasteiger partial charge in [-0.15, -0.1) is 0 Å². The lowest BCUT2D eigenvalue weighted by Crippen LogP contribution is -2.20. The Labute approximate surface area is 130 Å². The number of halogens is 1. The smallest absolute Gasteiger partial charge is 0.180 e. The third-order valence-corrected chi connectivity index (χ3v) is 3.48. The van der Waals surface area contributed by atoms with Crippen molar-refractivity contribution in [3.63, 3.8) is 0 Å². The molecule has 0 N–H and O–H groups in total. The quantitative estimate of drug-likeness (QED) is 0.728. The van der Waals surface area contributed by atoms with E-state index in [1.807, 2.05) is 52.0 Å². The maximum Gasteiger partial charge on any atom is 0.180 e. The molecule has 0 fully saturated rings. The topological polar surface area (TPSA) is 57.2 Å². The minimum atomic E-state index is 0.413. The second-order valence-corrected chi connectivity index (χ2v) is 5.25. The number of imidazole rings is 1. The Morgan fingerprint density at radius 2 is 2.10 bits per heavy atom. The number of fused-ring (bicyclic) bond motifs is 1. The molecule has 0 saturated carbocycles. The minimum Gasteiger partial charge on any atom is -0.322 e. The first-order chi connectivity index (χ1) is 10.3. The van der Waals surface area contributed by atoms with Gasteiger partial charge in [0.05, 0.1) is 12.5 Å². The summed E-state index contributed by atoms with van der Waals surface area (Å²) in [6.45, 7) is 0.562. The highest BCUT2D eigenvalue weighted by Gasteiger charge is 2.16. The fourth-order valence-corrected chi connectivity index (χ4v) is 2.58. The van der Waals surface area contributed by atoms with E-state index in [1.165, 1.54) is 0 Å². The monoisotopic (exact) mass is 341 g/mol. The van der Waals surface area contributed by atoms with E-state index in [1.54, 1.807) is 6.20 Å². The first-order valence-corrected chi connectivity index (χ1v) is 7.27. The van der Waals surface area contributed by atoms with Crippen molar-refractivity contribution in [2.45, 2.75) is 6.42 Å². The van der Waals surface area contributed by atoms with Crippen LogP contribution in [0.3, 0.4) is 0 Å². The lowest BCUT2D eigenvalue weighted by atomic mass is 10.2. The summed E-state index contributed by atoms with van der Waals surface area (Å²) in [6, 6.07) is 12.1. The van der Waals surface area contributed by atoms with E-state index >= 15 is 0 Å². The summed E-state index contributed by atoms with van der Waals surface area (Å²) in [4.78, 5) is 10.9. The summed E-state index contributed by atoms with van der Waals surface area (Å²) < 4.78 is 2.63. The molecule has 0 unspecified atom stereocenters. The van der Waals surface area contributed by atoms with E-state index in [4.69, 9.17) is 5.26 Å². The fraction of sp³-hybridized carbons (Fsp3) is 0.133. The SMILES string of the molecule is N#CCCN(c1ccccc1)c1nc(Br)cn2ccnc12. The van der Waals surface area contributed by atoms with Crippen LogP contribution in [0.5, 0.6) is 0 Å². The highest BCUT2D eigenvalue weighted by Crippen LogP contribution is 2.28. The lowest BCUT2D eigenvalue weighted by Gasteiger charge is -2.23. The molecule has 3 rings (SSSR count). The molecule has 0 radical (unpaired) electrons. The number of anilines is 2. The molecule has 6 heteroatoms. The zero-order chi connectivity index (χ0) is 14.7. The van der Waals surface area contributed by atoms with E-state index < -0.39 is 0 Å². The van der Waals surface area contributed by atoms with Gasteiger partial charge in [0.2, 0.25) is 0 Å². The van der Waals surface area contributed by atoms with E-state index in [9.17, 15) is 0 Å². The molecular weight excluding hydrogens is 330 g/mol. The third-order valence-electron chi connectivity index (χ3n) is 3.10. The molecule has 21 heavy (non-hydrogen) atoms. The Kier molecular flexibility index (Phi) is 3.84. The number of nitrogens with zero attached hydrogens (tertiary/aromatic N) is 5. The van der Waals surface area contributed by atoms with Gasteiger partial charge < -0.3 is 9.30 Å². The van der Waals surface area contributed by atoms with Crippen LogP contribution in [0.2, 0.25) is 0 Å². The number of para-hydroxylation sites is 1. The Hall–Kier alpha value is -2.39. The van der Waals surface area contributed by atoms with Gasteiger partial charge >= 0.3 is 0 Å². The third kappa shape index (κ3) is 2.73. The zero-order valence-corrected chi connectivity index (χ0v) is 12.7. The molecule has 0 aliphatic heterocycles. The highest BCUT2D eigenvalue weighted by molar-refractivity contribution is 9.10. The summed E-state index contributed by atoms with van der Waals surface area (Å²) in [6.07, 6.45) is 5.88. The van der Waals surface area contributed by atoms with Crippen LogP contribution in [0.4, 0.5) is 11.5 Å². The number of benzene rings is 1. The summed E-state index contributed by atoms with van der Waals surface area (Å²) in [5, 5.41) is 8.91. The first-order valence-electron chi connectivity index (χ1n) is 6.48. The van der Waals surface area contributed by atoms with E-state index in [-0.39, 0.29) is 0 Å². The predicted octanol–water partition coefficient (Wildman–Crippen LogP) is 3.54. The van der Waals surface area contributed by atoms with Crippen molar-refractivity contribution in [2.24, 2.45) is 0 Å². The maximum atomic E-state index is 8.91. The van der Waals surface area contributed by atoms with E-state index in [2.05, 4.69) is 32.0 Å². The molecule has 0 aliphatic rings. The van der Waals surface area contributed by atoms with Gasteiger partial charge in [-0.3, -0.25) is 0 Å². The van der Waals surface area contributed by atoms with Gasteiger partial charge in [-0.2, -0.15) is 5.26 Å². The van der Waals surface area contributed by atoms with Crippen molar-refractivity contribution < 1.29 is 0 Å². The Balaban J connectivity index is 2.14. The largest absolute Gasteiger partial charge is 0.322 e. The Morgan fingerprint density at radius 3 is 2.86 bits per heavy atom. The number of hydrogen-bond acceptors (Lipinski definition) is 4. The number of aromatic nitrogens is 3. The van der Waals surface area contributed by atoms with E-state index in [0.29, 0.717) is 13.0 Å². The molecule has 104 valence electrons. The van der Waals surface area contributed by atoms with Crippen LogP contribution in [0.25, 0.3) is 5.65 Å². The van der Waals surface area contributed by atoms with Crippen molar-refractivity contribution in [3.05, 3.63) is 53.5 Å². The van der Waals surface area contributed by atoms with Crippen molar-refractivity contribution in [2.75, 3.05) is 11.4 Å². The average Bonchev–Trinajstić information content (AvgIpc) is 2.96. The molecule has 0 bridgehead atoms. The molecule has 2 aromatic heterocycles. The zero-order valence-electron chi connectivity index (χ0n) is 11.1. The molecule has 0 spiro atoms. The number of nitriles is 1. The molecule has 0 saturated heterocycles.